The average molecular weight is 409 g/mol. The summed E-state index contributed by atoms with van der Waals surface area (Å²) in [5.41, 5.74) is 2.34. The third-order valence-electron chi connectivity index (χ3n) is 4.82. The van der Waals surface area contributed by atoms with E-state index in [0.29, 0.717) is 4.88 Å². The van der Waals surface area contributed by atoms with Gasteiger partial charge in [0, 0.05) is 11.4 Å². The van der Waals surface area contributed by atoms with Crippen LogP contribution < -0.4 is 4.72 Å². The monoisotopic (exact) mass is 408 g/mol. The van der Waals surface area contributed by atoms with E-state index in [4.69, 9.17) is 0 Å². The highest BCUT2D eigenvalue weighted by atomic mass is 32.2. The fraction of sp³-hybridized carbons (Fsp3) is 0.524. The fourth-order valence-electron chi connectivity index (χ4n) is 3.28. The van der Waals surface area contributed by atoms with E-state index in [1.165, 1.54) is 29.7 Å². The average Bonchev–Trinajstić information content (AvgIpc) is 3.24. The quantitative estimate of drug-likeness (QED) is 0.707. The van der Waals surface area contributed by atoms with Crippen LogP contribution in [0.1, 0.15) is 57.0 Å². The van der Waals surface area contributed by atoms with Crippen molar-refractivity contribution >= 4 is 22.3 Å². The number of nitrogens with one attached hydrogen (secondary N) is 1. The molecule has 0 unspecified atom stereocenters. The van der Waals surface area contributed by atoms with Crippen molar-refractivity contribution in [2.75, 3.05) is 13.1 Å². The first-order valence-corrected chi connectivity index (χ1v) is 11.5. The van der Waals surface area contributed by atoms with Gasteiger partial charge in [-0.1, -0.05) is 24.3 Å². The molecule has 1 aromatic heterocycles. The van der Waals surface area contributed by atoms with Gasteiger partial charge in [-0.3, -0.25) is 4.90 Å². The van der Waals surface area contributed by atoms with Gasteiger partial charge in [0.05, 0.1) is 26.7 Å². The van der Waals surface area contributed by atoms with Crippen molar-refractivity contribution in [2.45, 2.75) is 57.9 Å². The number of hydrogen-bond donors (Lipinski definition) is 1. The second kappa shape index (κ2) is 8.52. The minimum atomic E-state index is -1.24. The molecular weight excluding hydrogens is 379 g/mol. The maximum absolute atomic E-state index is 14.7. The van der Waals surface area contributed by atoms with Gasteiger partial charge in [0.1, 0.15) is 5.82 Å². The first kappa shape index (κ1) is 20.6. The van der Waals surface area contributed by atoms with Gasteiger partial charge in [0.25, 0.3) is 0 Å². The zero-order valence-corrected chi connectivity index (χ0v) is 18.2. The van der Waals surface area contributed by atoms with Crippen molar-refractivity contribution in [3.05, 3.63) is 46.6 Å². The molecule has 1 aliphatic rings. The van der Waals surface area contributed by atoms with Crippen LogP contribution in [0, 0.1) is 5.82 Å². The molecule has 0 bridgehead atoms. The van der Waals surface area contributed by atoms with Crippen molar-refractivity contribution in [2.24, 2.45) is 0 Å². The lowest BCUT2D eigenvalue weighted by Gasteiger charge is -2.21. The van der Waals surface area contributed by atoms with Gasteiger partial charge in [-0.05, 0) is 70.8 Å². The number of rotatable bonds is 6. The summed E-state index contributed by atoms with van der Waals surface area (Å²) in [5.74, 6) is -0.225. The Bertz CT molecular complexity index is 807. The molecule has 0 saturated carbocycles. The molecule has 0 radical (unpaired) electrons. The van der Waals surface area contributed by atoms with Crippen molar-refractivity contribution in [3.8, 4) is 10.4 Å². The molecule has 1 saturated heterocycles. The smallest absolute Gasteiger partial charge is 0.139 e. The molecule has 27 heavy (non-hydrogen) atoms. The Kier molecular flexibility index (Phi) is 6.51. The van der Waals surface area contributed by atoms with Crippen LogP contribution in [-0.4, -0.2) is 26.9 Å². The standard InChI is InChI=1S/C21H29FN2OS2/c1-15(23-27(25)21(2,3)4)20-18(22)13-19(26-20)17-10-6-5-9-16(17)14-24-11-7-8-12-24/h5-6,9-10,13,15,23H,7-8,11-12,14H2,1-4H3/t15-,27-/m1/s1. The Balaban J connectivity index is 1.83. The lowest BCUT2D eigenvalue weighted by molar-refractivity contribution is 0.332. The Labute approximate surface area is 168 Å². The number of nitrogens with zero attached hydrogens (tertiary/aromatic N) is 1. The lowest BCUT2D eigenvalue weighted by atomic mass is 10.1. The predicted octanol–water partition coefficient (Wildman–Crippen LogP) is 5.26. The molecule has 2 heterocycles. The summed E-state index contributed by atoms with van der Waals surface area (Å²) < 4.78 is 29.7. The largest absolute Gasteiger partial charge is 0.299 e. The van der Waals surface area contributed by atoms with Crippen LogP contribution in [0.4, 0.5) is 4.39 Å². The minimum Gasteiger partial charge on any atom is -0.299 e. The van der Waals surface area contributed by atoms with E-state index < -0.39 is 11.0 Å². The minimum absolute atomic E-state index is 0.225. The Hall–Kier alpha value is -1.08. The van der Waals surface area contributed by atoms with Gasteiger partial charge in [-0.2, -0.15) is 0 Å². The van der Waals surface area contributed by atoms with Crippen LogP contribution in [0.15, 0.2) is 30.3 Å². The lowest BCUT2D eigenvalue weighted by Crippen LogP contribution is -2.34. The molecule has 2 atom stereocenters. The van der Waals surface area contributed by atoms with Gasteiger partial charge in [0.15, 0.2) is 0 Å². The van der Waals surface area contributed by atoms with Crippen LogP contribution >= 0.6 is 11.3 Å². The molecule has 0 aliphatic carbocycles. The normalized spacial score (nSPS) is 18.0. The van der Waals surface area contributed by atoms with E-state index in [0.717, 1.165) is 30.1 Å². The Morgan fingerprint density at radius 2 is 1.93 bits per heavy atom. The third kappa shape index (κ3) is 5.05. The Morgan fingerprint density at radius 3 is 2.59 bits per heavy atom. The maximum Gasteiger partial charge on any atom is 0.139 e. The van der Waals surface area contributed by atoms with E-state index in [1.807, 2.05) is 33.8 Å². The molecular formula is C21H29FN2OS2. The van der Waals surface area contributed by atoms with E-state index in [1.54, 1.807) is 6.07 Å². The van der Waals surface area contributed by atoms with Crippen LogP contribution in [0.5, 0.6) is 0 Å². The Morgan fingerprint density at radius 1 is 1.26 bits per heavy atom. The highest BCUT2D eigenvalue weighted by Crippen LogP contribution is 2.36. The van der Waals surface area contributed by atoms with Gasteiger partial charge in [-0.15, -0.1) is 11.3 Å². The molecule has 148 valence electrons. The number of likely N-dealkylation sites (tertiary alicyclic amines) is 1. The second-order valence-corrected chi connectivity index (χ2v) is 11.3. The zero-order chi connectivity index (χ0) is 19.6. The van der Waals surface area contributed by atoms with E-state index >= 15 is 0 Å². The summed E-state index contributed by atoms with van der Waals surface area (Å²) in [6.45, 7) is 10.8. The number of halogens is 1. The van der Waals surface area contributed by atoms with Crippen molar-refractivity contribution in [3.63, 3.8) is 0 Å². The fourth-order valence-corrected chi connectivity index (χ4v) is 5.25. The number of thiophene rings is 1. The predicted molar refractivity (Wildman–Crippen MR) is 114 cm³/mol. The number of hydrogen-bond acceptors (Lipinski definition) is 3. The molecule has 2 aromatic rings. The van der Waals surface area contributed by atoms with Crippen LogP contribution in [0.3, 0.4) is 0 Å². The molecule has 3 rings (SSSR count). The van der Waals surface area contributed by atoms with Crippen LogP contribution in [0.25, 0.3) is 10.4 Å². The van der Waals surface area contributed by atoms with E-state index in [9.17, 15) is 8.60 Å². The highest BCUT2D eigenvalue weighted by Gasteiger charge is 2.25. The van der Waals surface area contributed by atoms with Crippen molar-refractivity contribution < 1.29 is 8.60 Å². The molecule has 1 aliphatic heterocycles. The third-order valence-corrected chi connectivity index (χ3v) is 7.83. The summed E-state index contributed by atoms with van der Waals surface area (Å²) >= 11 is 1.45. The van der Waals surface area contributed by atoms with Crippen LogP contribution in [0.2, 0.25) is 0 Å². The molecule has 0 spiro atoms. The summed E-state index contributed by atoms with van der Waals surface area (Å²) in [6, 6.07) is 9.61. The van der Waals surface area contributed by atoms with Gasteiger partial charge < -0.3 is 0 Å². The SMILES string of the molecule is C[C@@H](N[S@](=O)C(C)(C)C)c1sc(-c2ccccc2CN2CCCC2)cc1F. The highest BCUT2D eigenvalue weighted by molar-refractivity contribution is 7.84. The summed E-state index contributed by atoms with van der Waals surface area (Å²) in [5, 5.41) is 0. The molecule has 1 N–H and O–H groups in total. The van der Waals surface area contributed by atoms with E-state index in [2.05, 4.69) is 27.8 Å². The summed E-state index contributed by atoms with van der Waals surface area (Å²) in [4.78, 5) is 4.01. The topological polar surface area (TPSA) is 32.3 Å². The van der Waals surface area contributed by atoms with Crippen molar-refractivity contribution in [1.29, 1.82) is 0 Å². The van der Waals surface area contributed by atoms with E-state index in [-0.39, 0.29) is 16.6 Å². The molecule has 0 amide bonds. The first-order valence-electron chi connectivity index (χ1n) is 9.53. The van der Waals surface area contributed by atoms with Gasteiger partial charge in [-0.25, -0.2) is 13.3 Å². The number of benzene rings is 1. The molecule has 6 heteroatoms. The summed E-state index contributed by atoms with van der Waals surface area (Å²) in [6.07, 6.45) is 2.52. The second-order valence-electron chi connectivity index (χ2n) is 8.18. The van der Waals surface area contributed by atoms with Crippen molar-refractivity contribution in [1.82, 2.24) is 9.62 Å². The maximum atomic E-state index is 14.7. The van der Waals surface area contributed by atoms with Crippen LogP contribution in [-0.2, 0) is 17.5 Å². The molecule has 1 fully saturated rings. The first-order chi connectivity index (χ1) is 12.8. The molecule has 3 nitrogen and oxygen atoms in total. The summed E-state index contributed by atoms with van der Waals surface area (Å²) in [7, 11) is -1.24. The van der Waals surface area contributed by atoms with Gasteiger partial charge in [0.2, 0.25) is 0 Å². The molecule has 1 aromatic carbocycles. The van der Waals surface area contributed by atoms with Gasteiger partial charge >= 0.3 is 0 Å². The zero-order valence-electron chi connectivity index (χ0n) is 16.5.